The first-order valence-electron chi connectivity index (χ1n) is 8.45. The van der Waals surface area contributed by atoms with Gasteiger partial charge < -0.3 is 4.42 Å². The first kappa shape index (κ1) is 20.0. The van der Waals surface area contributed by atoms with E-state index < -0.39 is 0 Å². The van der Waals surface area contributed by atoms with Gasteiger partial charge in [-0.15, -0.1) is 0 Å². The van der Waals surface area contributed by atoms with Crippen LogP contribution in [0.2, 0.25) is 20.1 Å². The molecule has 1 amide bonds. The number of benzene rings is 2. The molecule has 0 saturated heterocycles. The van der Waals surface area contributed by atoms with E-state index in [0.29, 0.717) is 54.1 Å². The molecule has 0 spiro atoms. The van der Waals surface area contributed by atoms with Crippen molar-refractivity contribution in [3.63, 3.8) is 0 Å². The van der Waals surface area contributed by atoms with Crippen molar-refractivity contribution in [2.75, 3.05) is 5.01 Å². The molecule has 0 aliphatic carbocycles. The second kappa shape index (κ2) is 7.88. The molecule has 0 atom stereocenters. The van der Waals surface area contributed by atoms with Gasteiger partial charge in [0.05, 0.1) is 32.0 Å². The molecule has 8 heteroatoms. The Kier molecular flexibility index (Phi) is 5.45. The summed E-state index contributed by atoms with van der Waals surface area (Å²) in [6, 6.07) is 13.6. The summed E-state index contributed by atoms with van der Waals surface area (Å²) in [7, 11) is 0. The van der Waals surface area contributed by atoms with Crippen molar-refractivity contribution >= 4 is 69.8 Å². The molecule has 0 radical (unpaired) electrons. The second-order valence-electron chi connectivity index (χ2n) is 6.28. The van der Waals surface area contributed by atoms with Crippen molar-refractivity contribution in [2.24, 2.45) is 5.10 Å². The molecule has 146 valence electrons. The van der Waals surface area contributed by atoms with Crippen molar-refractivity contribution in [2.45, 2.75) is 6.92 Å². The van der Waals surface area contributed by atoms with Gasteiger partial charge in [0.25, 0.3) is 5.91 Å². The highest BCUT2D eigenvalue weighted by Gasteiger charge is 2.29. The van der Waals surface area contributed by atoms with Gasteiger partial charge in [-0.2, -0.15) is 10.1 Å². The topological polar surface area (TPSA) is 45.8 Å². The maximum atomic E-state index is 12.9. The van der Waals surface area contributed by atoms with Crippen molar-refractivity contribution < 1.29 is 9.21 Å². The zero-order valence-corrected chi connectivity index (χ0v) is 17.9. The summed E-state index contributed by atoms with van der Waals surface area (Å²) >= 11 is 24.2. The molecule has 0 saturated carbocycles. The Hall–Kier alpha value is -2.24. The summed E-state index contributed by atoms with van der Waals surface area (Å²) in [5.74, 6) is 0.781. The predicted octanol–water partition coefficient (Wildman–Crippen LogP) is 7.37. The average molecular weight is 466 g/mol. The van der Waals surface area contributed by atoms with Crippen LogP contribution in [0.1, 0.15) is 12.7 Å². The molecule has 29 heavy (non-hydrogen) atoms. The maximum Gasteiger partial charge on any atom is 0.280 e. The summed E-state index contributed by atoms with van der Waals surface area (Å²) in [6.45, 7) is 1.75. The van der Waals surface area contributed by atoms with E-state index in [0.717, 1.165) is 0 Å². The van der Waals surface area contributed by atoms with Gasteiger partial charge in [0, 0.05) is 10.6 Å². The zero-order valence-electron chi connectivity index (χ0n) is 14.9. The average Bonchev–Trinajstić information content (AvgIpc) is 3.24. The maximum absolute atomic E-state index is 12.9. The number of rotatable bonds is 3. The molecular formula is C21H12Cl4N2O2. The van der Waals surface area contributed by atoms with E-state index in [1.165, 1.54) is 5.01 Å². The van der Waals surface area contributed by atoms with Crippen molar-refractivity contribution in [1.82, 2.24) is 0 Å². The van der Waals surface area contributed by atoms with Crippen molar-refractivity contribution in [3.8, 4) is 11.3 Å². The largest absolute Gasteiger partial charge is 0.457 e. The summed E-state index contributed by atoms with van der Waals surface area (Å²) < 4.78 is 5.86. The Bertz CT molecular complexity index is 1200. The molecule has 0 bridgehead atoms. The Morgan fingerprint density at radius 3 is 2.45 bits per heavy atom. The minimum Gasteiger partial charge on any atom is -0.457 e. The van der Waals surface area contributed by atoms with Crippen LogP contribution in [0.4, 0.5) is 5.69 Å². The Labute approximate surface area is 186 Å². The van der Waals surface area contributed by atoms with E-state index in [4.69, 9.17) is 50.8 Å². The summed E-state index contributed by atoms with van der Waals surface area (Å²) in [5, 5.41) is 7.38. The quantitative estimate of drug-likeness (QED) is 0.379. The van der Waals surface area contributed by atoms with Gasteiger partial charge in [-0.3, -0.25) is 4.79 Å². The summed E-state index contributed by atoms with van der Waals surface area (Å²) in [5.41, 5.74) is 2.21. The molecule has 3 aromatic rings. The smallest absolute Gasteiger partial charge is 0.280 e. The van der Waals surface area contributed by atoms with E-state index in [2.05, 4.69) is 5.10 Å². The number of carbonyl (C=O) groups is 1. The number of halogens is 4. The molecule has 2 aromatic carbocycles. The first-order valence-corrected chi connectivity index (χ1v) is 9.97. The van der Waals surface area contributed by atoms with Gasteiger partial charge in [0.2, 0.25) is 0 Å². The van der Waals surface area contributed by atoms with Gasteiger partial charge in [-0.25, -0.2) is 0 Å². The fourth-order valence-corrected chi connectivity index (χ4v) is 3.68. The molecule has 2 heterocycles. The van der Waals surface area contributed by atoms with Crippen LogP contribution < -0.4 is 5.01 Å². The van der Waals surface area contributed by atoms with Crippen LogP contribution in [0.25, 0.3) is 17.4 Å². The summed E-state index contributed by atoms with van der Waals surface area (Å²) in [4.78, 5) is 12.9. The molecule has 4 rings (SSSR count). The standard InChI is InChI=1S/C21H12Cl4N2O2/c1-11-16(21(28)27(26-11)13-3-6-17(23)19(25)9-13)10-14-4-7-20(29-14)15-5-2-12(22)8-18(15)24/h2-10H,1H3/b16-10+. The summed E-state index contributed by atoms with van der Waals surface area (Å²) in [6.07, 6.45) is 1.64. The molecule has 0 unspecified atom stereocenters. The SMILES string of the molecule is CC1=NN(c2ccc(Cl)c(Cl)c2)C(=O)/C1=C/c1ccc(-c2ccc(Cl)cc2Cl)o1. The number of amides is 1. The number of carbonyl (C=O) groups excluding carboxylic acids is 1. The highest BCUT2D eigenvalue weighted by atomic mass is 35.5. The number of nitrogens with zero attached hydrogens (tertiary/aromatic N) is 2. The number of hydrazone groups is 1. The normalized spacial score (nSPS) is 15.3. The molecule has 0 N–H and O–H groups in total. The lowest BCUT2D eigenvalue weighted by Crippen LogP contribution is -2.21. The Morgan fingerprint density at radius 1 is 0.931 bits per heavy atom. The third-order valence-corrected chi connectivity index (χ3v) is 5.61. The lowest BCUT2D eigenvalue weighted by atomic mass is 10.1. The van der Waals surface area contributed by atoms with E-state index >= 15 is 0 Å². The van der Waals surface area contributed by atoms with Gasteiger partial charge in [-0.1, -0.05) is 46.4 Å². The van der Waals surface area contributed by atoms with Crippen LogP contribution in [-0.4, -0.2) is 11.6 Å². The lowest BCUT2D eigenvalue weighted by Gasteiger charge is -2.12. The molecule has 1 aliphatic rings. The van der Waals surface area contributed by atoms with E-state index in [9.17, 15) is 4.79 Å². The molecule has 4 nitrogen and oxygen atoms in total. The van der Waals surface area contributed by atoms with Crippen LogP contribution >= 0.6 is 46.4 Å². The van der Waals surface area contributed by atoms with Crippen LogP contribution in [-0.2, 0) is 4.79 Å². The lowest BCUT2D eigenvalue weighted by molar-refractivity contribution is -0.114. The van der Waals surface area contributed by atoms with Crippen LogP contribution in [0.5, 0.6) is 0 Å². The Balaban J connectivity index is 1.64. The number of anilines is 1. The number of hydrogen-bond acceptors (Lipinski definition) is 3. The molecular weight excluding hydrogens is 454 g/mol. The molecule has 0 fully saturated rings. The number of furan rings is 1. The van der Waals surface area contributed by atoms with E-state index in [-0.39, 0.29) is 5.91 Å². The highest BCUT2D eigenvalue weighted by molar-refractivity contribution is 6.42. The van der Waals surface area contributed by atoms with E-state index in [1.807, 2.05) is 0 Å². The van der Waals surface area contributed by atoms with Crippen molar-refractivity contribution in [3.05, 3.63) is 80.0 Å². The van der Waals surface area contributed by atoms with Gasteiger partial charge >= 0.3 is 0 Å². The van der Waals surface area contributed by atoms with Crippen LogP contribution in [0.3, 0.4) is 0 Å². The second-order valence-corrected chi connectivity index (χ2v) is 7.94. The highest BCUT2D eigenvalue weighted by Crippen LogP contribution is 2.33. The van der Waals surface area contributed by atoms with Gasteiger partial charge in [0.15, 0.2) is 0 Å². The minimum atomic E-state index is -0.289. The molecule has 1 aliphatic heterocycles. The zero-order chi connectivity index (χ0) is 20.7. The third kappa shape index (κ3) is 3.94. The molecule has 1 aromatic heterocycles. The first-order chi connectivity index (χ1) is 13.8. The Morgan fingerprint density at radius 2 is 1.72 bits per heavy atom. The number of hydrogen-bond donors (Lipinski definition) is 0. The van der Waals surface area contributed by atoms with E-state index in [1.54, 1.807) is 61.5 Å². The van der Waals surface area contributed by atoms with Crippen LogP contribution in [0.15, 0.2) is 63.6 Å². The van der Waals surface area contributed by atoms with Crippen LogP contribution in [0, 0.1) is 0 Å². The monoisotopic (exact) mass is 464 g/mol. The van der Waals surface area contributed by atoms with Gasteiger partial charge in [0.1, 0.15) is 11.5 Å². The third-order valence-electron chi connectivity index (χ3n) is 4.32. The van der Waals surface area contributed by atoms with Crippen molar-refractivity contribution in [1.29, 1.82) is 0 Å². The minimum absolute atomic E-state index is 0.289. The fraction of sp³-hybridized carbons (Fsp3) is 0.0476. The predicted molar refractivity (Wildman–Crippen MR) is 119 cm³/mol. The van der Waals surface area contributed by atoms with Gasteiger partial charge in [-0.05, 0) is 61.5 Å². The fourth-order valence-electron chi connectivity index (χ4n) is 2.88.